The SMILES string of the molecule is CC(C)OCCS(=O)CCCN. The number of hydrogen-bond acceptors (Lipinski definition) is 3. The predicted molar refractivity (Wildman–Crippen MR) is 52.6 cm³/mol. The Morgan fingerprint density at radius 2 is 2.08 bits per heavy atom. The van der Waals surface area contributed by atoms with Gasteiger partial charge in [0.1, 0.15) is 0 Å². The Morgan fingerprint density at radius 1 is 1.42 bits per heavy atom. The van der Waals surface area contributed by atoms with Gasteiger partial charge in [-0.2, -0.15) is 0 Å². The summed E-state index contributed by atoms with van der Waals surface area (Å²) in [5, 5.41) is 0. The van der Waals surface area contributed by atoms with Crippen molar-refractivity contribution in [1.29, 1.82) is 0 Å². The molecule has 0 aliphatic rings. The minimum absolute atomic E-state index is 0.233. The molecule has 0 heterocycles. The molecular weight excluding hydrogens is 174 g/mol. The molecule has 0 bridgehead atoms. The van der Waals surface area contributed by atoms with Crippen LogP contribution in [0.4, 0.5) is 0 Å². The molecular formula is C8H19NO2S. The molecule has 0 aliphatic heterocycles. The van der Waals surface area contributed by atoms with Crippen molar-refractivity contribution in [3.8, 4) is 0 Å². The first-order chi connectivity index (χ1) is 5.66. The second-order valence-corrected chi connectivity index (χ2v) is 4.61. The Bertz CT molecular complexity index is 128. The molecule has 1 unspecified atom stereocenters. The molecule has 0 saturated carbocycles. The zero-order valence-corrected chi connectivity index (χ0v) is 8.73. The topological polar surface area (TPSA) is 52.3 Å². The standard InChI is InChI=1S/C8H19NO2S/c1-8(2)11-5-7-12(10)6-3-4-9/h8H,3-7,9H2,1-2H3. The van der Waals surface area contributed by atoms with Crippen molar-refractivity contribution < 1.29 is 8.95 Å². The van der Waals surface area contributed by atoms with E-state index in [-0.39, 0.29) is 6.10 Å². The van der Waals surface area contributed by atoms with Crippen molar-refractivity contribution in [2.24, 2.45) is 5.73 Å². The van der Waals surface area contributed by atoms with Gasteiger partial charge in [-0.05, 0) is 26.8 Å². The Hall–Kier alpha value is 0.0700. The van der Waals surface area contributed by atoms with Gasteiger partial charge in [-0.15, -0.1) is 0 Å². The van der Waals surface area contributed by atoms with Crippen molar-refractivity contribution >= 4 is 10.8 Å². The highest BCUT2D eigenvalue weighted by Gasteiger charge is 1.99. The lowest BCUT2D eigenvalue weighted by Crippen LogP contribution is -2.14. The molecule has 0 radical (unpaired) electrons. The summed E-state index contributed by atoms with van der Waals surface area (Å²) >= 11 is 0. The van der Waals surface area contributed by atoms with E-state index in [2.05, 4.69) is 0 Å². The Labute approximate surface area is 77.1 Å². The average Bonchev–Trinajstić information content (AvgIpc) is 2.00. The van der Waals surface area contributed by atoms with Crippen molar-refractivity contribution in [2.45, 2.75) is 26.4 Å². The van der Waals surface area contributed by atoms with E-state index in [0.717, 1.165) is 6.42 Å². The predicted octanol–water partition coefficient (Wildman–Crippen LogP) is 0.509. The van der Waals surface area contributed by atoms with Crippen LogP contribution in [0.2, 0.25) is 0 Å². The zero-order valence-electron chi connectivity index (χ0n) is 7.91. The molecule has 0 aliphatic carbocycles. The molecule has 1 atom stereocenters. The second-order valence-electron chi connectivity index (χ2n) is 2.91. The zero-order chi connectivity index (χ0) is 9.40. The van der Waals surface area contributed by atoms with Crippen molar-refractivity contribution in [3.05, 3.63) is 0 Å². The summed E-state index contributed by atoms with van der Waals surface area (Å²) in [6.45, 7) is 5.16. The van der Waals surface area contributed by atoms with E-state index in [1.807, 2.05) is 13.8 Å². The first-order valence-electron chi connectivity index (χ1n) is 4.33. The molecule has 12 heavy (non-hydrogen) atoms. The van der Waals surface area contributed by atoms with Crippen LogP contribution in [-0.4, -0.2) is 35.0 Å². The number of nitrogens with two attached hydrogens (primary N) is 1. The molecule has 2 N–H and O–H groups in total. The van der Waals surface area contributed by atoms with E-state index in [1.54, 1.807) is 0 Å². The van der Waals surface area contributed by atoms with Crippen LogP contribution in [-0.2, 0) is 15.5 Å². The molecule has 0 amide bonds. The van der Waals surface area contributed by atoms with E-state index < -0.39 is 10.8 Å². The molecule has 0 rings (SSSR count). The first kappa shape index (κ1) is 12.1. The molecule has 0 aromatic carbocycles. The van der Waals surface area contributed by atoms with Gasteiger partial charge in [0.05, 0.1) is 12.7 Å². The van der Waals surface area contributed by atoms with Crippen LogP contribution >= 0.6 is 0 Å². The molecule has 0 saturated heterocycles. The van der Waals surface area contributed by atoms with Crippen LogP contribution in [0.3, 0.4) is 0 Å². The van der Waals surface area contributed by atoms with Gasteiger partial charge in [-0.3, -0.25) is 4.21 Å². The van der Waals surface area contributed by atoms with Crippen molar-refractivity contribution in [3.63, 3.8) is 0 Å². The van der Waals surface area contributed by atoms with Crippen LogP contribution in [0.1, 0.15) is 20.3 Å². The lowest BCUT2D eigenvalue weighted by atomic mass is 10.5. The highest BCUT2D eigenvalue weighted by Crippen LogP contribution is 1.91. The monoisotopic (exact) mass is 193 g/mol. The fourth-order valence-electron chi connectivity index (χ4n) is 0.723. The fraction of sp³-hybridized carbons (Fsp3) is 1.00. The Kier molecular flexibility index (Phi) is 7.75. The lowest BCUT2D eigenvalue weighted by molar-refractivity contribution is 0.0916. The first-order valence-corrected chi connectivity index (χ1v) is 5.82. The van der Waals surface area contributed by atoms with Crippen LogP contribution in [0.15, 0.2) is 0 Å². The largest absolute Gasteiger partial charge is 0.378 e. The molecule has 0 spiro atoms. The second kappa shape index (κ2) is 7.71. The van der Waals surface area contributed by atoms with Crippen LogP contribution < -0.4 is 5.73 Å². The molecule has 4 heteroatoms. The highest BCUT2D eigenvalue weighted by molar-refractivity contribution is 7.84. The normalized spacial score (nSPS) is 13.7. The minimum Gasteiger partial charge on any atom is -0.378 e. The lowest BCUT2D eigenvalue weighted by Gasteiger charge is -2.06. The van der Waals surface area contributed by atoms with E-state index in [1.165, 1.54) is 0 Å². The van der Waals surface area contributed by atoms with Gasteiger partial charge in [0.2, 0.25) is 0 Å². The van der Waals surface area contributed by atoms with E-state index in [9.17, 15) is 4.21 Å². The van der Waals surface area contributed by atoms with Crippen LogP contribution in [0, 0.1) is 0 Å². The van der Waals surface area contributed by atoms with Gasteiger partial charge in [-0.1, -0.05) is 0 Å². The maximum Gasteiger partial charge on any atom is 0.0585 e. The number of rotatable bonds is 7. The highest BCUT2D eigenvalue weighted by atomic mass is 32.2. The third kappa shape index (κ3) is 8.17. The summed E-state index contributed by atoms with van der Waals surface area (Å²) < 4.78 is 16.4. The van der Waals surface area contributed by atoms with Crippen LogP contribution in [0.25, 0.3) is 0 Å². The third-order valence-corrected chi connectivity index (χ3v) is 2.70. The van der Waals surface area contributed by atoms with Crippen molar-refractivity contribution in [2.75, 3.05) is 24.7 Å². The fourth-order valence-corrected chi connectivity index (χ4v) is 1.70. The molecule has 74 valence electrons. The van der Waals surface area contributed by atoms with Gasteiger partial charge in [0, 0.05) is 22.3 Å². The van der Waals surface area contributed by atoms with Gasteiger partial charge in [-0.25, -0.2) is 0 Å². The van der Waals surface area contributed by atoms with E-state index in [4.69, 9.17) is 10.5 Å². The summed E-state index contributed by atoms with van der Waals surface area (Å²) in [6.07, 6.45) is 1.07. The van der Waals surface area contributed by atoms with Gasteiger partial charge >= 0.3 is 0 Å². The Balaban J connectivity index is 3.20. The van der Waals surface area contributed by atoms with Gasteiger partial charge < -0.3 is 10.5 Å². The quantitative estimate of drug-likeness (QED) is 0.641. The Morgan fingerprint density at radius 3 is 2.58 bits per heavy atom. The molecule has 0 aromatic rings. The summed E-state index contributed by atoms with van der Waals surface area (Å²) in [6, 6.07) is 0. The summed E-state index contributed by atoms with van der Waals surface area (Å²) in [4.78, 5) is 0. The van der Waals surface area contributed by atoms with E-state index >= 15 is 0 Å². The van der Waals surface area contributed by atoms with E-state index in [0.29, 0.717) is 24.7 Å². The van der Waals surface area contributed by atoms with Gasteiger partial charge in [0.25, 0.3) is 0 Å². The maximum atomic E-state index is 11.2. The smallest absolute Gasteiger partial charge is 0.0585 e. The number of hydrogen-bond donors (Lipinski definition) is 1. The summed E-state index contributed by atoms with van der Waals surface area (Å²) in [5.74, 6) is 1.34. The summed E-state index contributed by atoms with van der Waals surface area (Å²) in [5.41, 5.74) is 5.29. The minimum atomic E-state index is -0.741. The number of ether oxygens (including phenoxy) is 1. The van der Waals surface area contributed by atoms with Crippen LogP contribution in [0.5, 0.6) is 0 Å². The van der Waals surface area contributed by atoms with Gasteiger partial charge in [0.15, 0.2) is 0 Å². The molecule has 0 aromatic heterocycles. The molecule has 0 fully saturated rings. The summed E-state index contributed by atoms with van der Waals surface area (Å²) in [7, 11) is -0.741. The van der Waals surface area contributed by atoms with Crippen molar-refractivity contribution in [1.82, 2.24) is 0 Å². The maximum absolute atomic E-state index is 11.2. The average molecular weight is 193 g/mol. The molecule has 3 nitrogen and oxygen atoms in total. The third-order valence-electron chi connectivity index (χ3n) is 1.34.